The van der Waals surface area contributed by atoms with Crippen molar-refractivity contribution < 1.29 is 60.3 Å². The molecule has 10 rings (SSSR count). The van der Waals surface area contributed by atoms with Crippen LogP contribution in [0.4, 0.5) is 17.6 Å². The highest BCUT2D eigenvalue weighted by molar-refractivity contribution is 7.57. The summed E-state index contributed by atoms with van der Waals surface area (Å²) in [6, 6.07) is 36.3. The highest BCUT2D eigenvalue weighted by atomic mass is 32.1. The number of aromatic hydroxyl groups is 1. The number of ether oxygens (including phenoxy) is 4. The Balaban J connectivity index is 0.000000210. The molecule has 0 saturated carbocycles. The number of hydrogen-bond donors (Lipinski definition) is 1. The lowest BCUT2D eigenvalue weighted by atomic mass is 9.81. The number of rotatable bonds is 22. The van der Waals surface area contributed by atoms with Gasteiger partial charge < -0.3 is 28.6 Å². The number of esters is 2. The average molecular weight is 1250 g/mol. The highest BCUT2D eigenvalue weighted by Crippen LogP contribution is 2.47. The number of phenolic OH excluding ortho intramolecular Hbond substituents is 1. The number of nitrogens with zero attached hydrogens (tertiary/aromatic N) is 10. The van der Waals surface area contributed by atoms with E-state index >= 15 is 8.78 Å². The van der Waals surface area contributed by atoms with E-state index in [-0.39, 0.29) is 46.8 Å². The first kappa shape index (κ1) is 62.8. The van der Waals surface area contributed by atoms with Gasteiger partial charge in [0.1, 0.15) is 82.4 Å². The Kier molecular flexibility index (Phi) is 19.8. The quantitative estimate of drug-likeness (QED) is 0.0286. The zero-order valence-electron chi connectivity index (χ0n) is 47.1. The maximum absolute atomic E-state index is 15.7. The number of para-hydroxylation sites is 2. The summed E-state index contributed by atoms with van der Waals surface area (Å²) in [6.07, 6.45) is 5.45. The third kappa shape index (κ3) is 14.7. The van der Waals surface area contributed by atoms with Crippen molar-refractivity contribution >= 4 is 42.0 Å². The molecule has 4 aromatic heterocycles. The first-order valence-electron chi connectivity index (χ1n) is 26.5. The van der Waals surface area contributed by atoms with Crippen molar-refractivity contribution in [2.75, 3.05) is 26.9 Å². The van der Waals surface area contributed by atoms with Crippen LogP contribution < -0.4 is 4.52 Å². The number of benzene rings is 6. The van der Waals surface area contributed by atoms with E-state index in [1.165, 1.54) is 107 Å². The van der Waals surface area contributed by atoms with Gasteiger partial charge in [0.15, 0.2) is 13.6 Å². The number of carbonyl (C=O) groups excluding carboxylic acids is 2. The van der Waals surface area contributed by atoms with Crippen LogP contribution in [0, 0.1) is 45.9 Å². The van der Waals surface area contributed by atoms with Crippen molar-refractivity contribution in [2.45, 2.75) is 50.0 Å². The Hall–Kier alpha value is -9.75. The topological polar surface area (TPSA) is 252 Å². The van der Waals surface area contributed by atoms with Crippen LogP contribution in [0.5, 0.6) is 11.5 Å². The molecule has 0 spiro atoms. The molecule has 0 bridgehead atoms. The summed E-state index contributed by atoms with van der Waals surface area (Å²) in [5.41, 5.74) is 0.443. The van der Waals surface area contributed by atoms with Gasteiger partial charge in [-0.05, 0) is 60.7 Å². The minimum atomic E-state index is -3.01. The lowest BCUT2D eigenvalue weighted by Crippen LogP contribution is -2.42. The Morgan fingerprint density at radius 1 is 0.625 bits per heavy atom. The van der Waals surface area contributed by atoms with Gasteiger partial charge >= 0.3 is 11.9 Å². The minimum Gasteiger partial charge on any atom is -0.507 e. The fraction of sp³-hybridized carbons (Fsp3) is 0.194. The predicted molar refractivity (Wildman–Crippen MR) is 315 cm³/mol. The van der Waals surface area contributed by atoms with Gasteiger partial charge in [0.2, 0.25) is 7.37 Å². The van der Waals surface area contributed by atoms with Gasteiger partial charge in [0.05, 0.1) is 57.8 Å². The summed E-state index contributed by atoms with van der Waals surface area (Å²) in [4.78, 5) is 43.5. The molecule has 19 nitrogen and oxygen atoms in total. The number of thiazole rings is 2. The molecule has 10 aromatic rings. The molecule has 88 heavy (non-hydrogen) atoms. The first-order valence-corrected chi connectivity index (χ1v) is 30.8. The third-order valence-electron chi connectivity index (χ3n) is 13.9. The normalized spacial score (nSPS) is 13.3. The summed E-state index contributed by atoms with van der Waals surface area (Å²) >= 11 is 2.61. The summed E-state index contributed by atoms with van der Waals surface area (Å²) < 4.78 is 104. The van der Waals surface area contributed by atoms with Crippen molar-refractivity contribution in [1.82, 2.24) is 39.5 Å². The van der Waals surface area contributed by atoms with Crippen molar-refractivity contribution in [3.63, 3.8) is 0 Å². The van der Waals surface area contributed by atoms with Gasteiger partial charge in [-0.15, -0.1) is 22.7 Å². The Morgan fingerprint density at radius 3 is 1.47 bits per heavy atom. The van der Waals surface area contributed by atoms with Gasteiger partial charge in [-0.3, -0.25) is 4.57 Å². The van der Waals surface area contributed by atoms with E-state index in [9.17, 15) is 28.0 Å². The smallest absolute Gasteiger partial charge is 0.344 e. The second-order valence-electron chi connectivity index (χ2n) is 19.9. The summed E-state index contributed by atoms with van der Waals surface area (Å²) in [5, 5.41) is 41.4. The predicted octanol–water partition coefficient (Wildman–Crippen LogP) is 12.8. The molecule has 0 amide bonds. The van der Waals surface area contributed by atoms with Gasteiger partial charge in [-0.2, -0.15) is 20.7 Å². The molecule has 4 atom stereocenters. The maximum Gasteiger partial charge on any atom is 0.344 e. The molecule has 4 heterocycles. The van der Waals surface area contributed by atoms with Gasteiger partial charge in [0.25, 0.3) is 0 Å². The van der Waals surface area contributed by atoms with Crippen LogP contribution in [0.25, 0.3) is 22.5 Å². The Morgan fingerprint density at radius 2 is 1.06 bits per heavy atom. The van der Waals surface area contributed by atoms with E-state index in [0.29, 0.717) is 32.5 Å². The fourth-order valence-electron chi connectivity index (χ4n) is 9.38. The van der Waals surface area contributed by atoms with Crippen LogP contribution in [0.15, 0.2) is 170 Å². The molecular weight excluding hydrogens is 1200 g/mol. The van der Waals surface area contributed by atoms with Crippen LogP contribution in [-0.4, -0.2) is 83.5 Å². The molecule has 0 radical (unpaired) electrons. The first-order chi connectivity index (χ1) is 42.3. The number of phenols is 1. The van der Waals surface area contributed by atoms with Crippen molar-refractivity contribution in [3.8, 4) is 46.2 Å². The van der Waals surface area contributed by atoms with E-state index in [1.807, 2.05) is 10.8 Å². The maximum atomic E-state index is 15.7. The van der Waals surface area contributed by atoms with E-state index in [0.717, 1.165) is 35.4 Å². The lowest BCUT2D eigenvalue weighted by Gasteiger charge is -2.38. The van der Waals surface area contributed by atoms with Gasteiger partial charge in [0, 0.05) is 70.3 Å². The SMILES string of the molecule is C[C@@H](c1nc(-c2ccc(C#N)cc2)cs1)C(Cn1cncn1)(OCOC(=O)c1ccccc1O)c1ccc(F)cc1F.C[C@@H](c1nc(-c2ccc(C#N)cc2)cs1)C(Cn1cncn1)(OCOC(=O)c1ccccc1OP(C)(C)=O)c1ccc(F)cc1F. The minimum absolute atomic E-state index is 0.0133. The van der Waals surface area contributed by atoms with Crippen LogP contribution in [0.1, 0.15) is 78.7 Å². The van der Waals surface area contributed by atoms with Crippen LogP contribution in [-0.2, 0) is 47.8 Å². The van der Waals surface area contributed by atoms with Crippen molar-refractivity contribution in [1.29, 1.82) is 10.5 Å². The molecule has 448 valence electrons. The summed E-state index contributed by atoms with van der Waals surface area (Å²) in [6.45, 7) is 4.86. The summed E-state index contributed by atoms with van der Waals surface area (Å²) in [5.74, 6) is -6.61. The third-order valence-corrected chi connectivity index (χ3v) is 16.6. The molecule has 0 aliphatic rings. The molecule has 0 aliphatic carbocycles. The second-order valence-corrected chi connectivity index (χ2v) is 24.4. The molecule has 1 N–H and O–H groups in total. The van der Waals surface area contributed by atoms with E-state index < -0.39 is 79.2 Å². The molecule has 0 fully saturated rings. The number of hydrogen-bond acceptors (Lipinski definition) is 19. The van der Waals surface area contributed by atoms with Gasteiger partial charge in [-0.25, -0.2) is 56.5 Å². The van der Waals surface area contributed by atoms with E-state index in [4.69, 9.17) is 44.0 Å². The largest absolute Gasteiger partial charge is 0.507 e. The Labute approximate surface area is 509 Å². The zero-order valence-corrected chi connectivity index (χ0v) is 49.6. The molecule has 6 aromatic carbocycles. The fourth-order valence-corrected chi connectivity index (χ4v) is 11.9. The van der Waals surface area contributed by atoms with Crippen LogP contribution in [0.3, 0.4) is 0 Å². The monoisotopic (exact) mass is 1250 g/mol. The van der Waals surface area contributed by atoms with E-state index in [2.05, 4.69) is 32.3 Å². The van der Waals surface area contributed by atoms with Crippen molar-refractivity contribution in [3.05, 3.63) is 236 Å². The highest BCUT2D eigenvalue weighted by Gasteiger charge is 2.47. The molecule has 26 heteroatoms. The average Bonchev–Trinajstić information content (AvgIpc) is 1.62. The van der Waals surface area contributed by atoms with Gasteiger partial charge in [-0.1, -0.05) is 74.5 Å². The number of carbonyl (C=O) groups is 2. The molecule has 0 saturated heterocycles. The van der Waals surface area contributed by atoms with Crippen molar-refractivity contribution in [2.24, 2.45) is 0 Å². The molecule has 0 aliphatic heterocycles. The zero-order chi connectivity index (χ0) is 62.6. The molecular formula is C62H51F4N10O9PS2. The Bertz CT molecular complexity index is 4200. The standard InChI is InChI=1S/C32H28F2N5O5PS.C30H23F2N5O4S/c1-21(30-38-28(16-46-30)23-10-8-22(15-35)9-11-23)32(17-39-19-36-18-37-39,26-13-12-24(33)14-27(26)34)43-20-42-31(40)25-6-4-5-7-29(25)44-45(2,3)41;1-19(28-36-26(14-42-28)21-8-6-20(13-33)7-9-21)30(15-37-17-34-16-35-37,24-11-10-22(31)12-25(24)32)41-18-40-29(39)23-4-2-3-5-27(23)38/h4-14,16,18-19,21H,17,20H2,1-3H3;2-12,14,16-17,19,38H,15,18H2,1H3/t21-,32?;19-,30?/m00/s1. The second kappa shape index (κ2) is 27.7. The number of nitriles is 2. The number of halogens is 4. The van der Waals surface area contributed by atoms with Crippen LogP contribution >= 0.6 is 30.0 Å². The lowest BCUT2D eigenvalue weighted by molar-refractivity contribution is -0.148. The number of aromatic nitrogens is 8. The van der Waals surface area contributed by atoms with E-state index in [1.54, 1.807) is 86.6 Å². The van der Waals surface area contributed by atoms with Crippen LogP contribution in [0.2, 0.25) is 0 Å². The molecule has 2 unspecified atom stereocenters. The summed E-state index contributed by atoms with van der Waals surface area (Å²) in [7, 11) is -3.01.